The molecule has 0 radical (unpaired) electrons. The molecule has 0 saturated carbocycles. The molecule has 364 valence electrons. The molecule has 1 unspecified atom stereocenters. The number of ether oxygens (including phenoxy) is 2. The molecule has 9 nitrogen and oxygen atoms in total. The molecule has 61 heavy (non-hydrogen) atoms. The molecule has 0 saturated heterocycles. The van der Waals surface area contributed by atoms with E-state index in [1.165, 1.54) is 218 Å². The van der Waals surface area contributed by atoms with E-state index in [-0.39, 0.29) is 38.6 Å². The van der Waals surface area contributed by atoms with Gasteiger partial charge in [-0.05, 0) is 12.8 Å². The van der Waals surface area contributed by atoms with Crippen molar-refractivity contribution in [2.45, 2.75) is 290 Å². The summed E-state index contributed by atoms with van der Waals surface area (Å²) >= 11 is 0. The topological polar surface area (TPSA) is 134 Å². The summed E-state index contributed by atoms with van der Waals surface area (Å²) in [6.07, 6.45) is 51.4. The molecule has 0 fully saturated rings. The quantitative estimate of drug-likeness (QED) is 0.0348. The van der Waals surface area contributed by atoms with Crippen LogP contribution in [0.3, 0.4) is 0 Å². The second-order valence-corrected chi connectivity index (χ2v) is 19.6. The van der Waals surface area contributed by atoms with E-state index >= 15 is 0 Å². The third kappa shape index (κ3) is 48.3. The predicted octanol–water partition coefficient (Wildman–Crippen LogP) is 16.0. The van der Waals surface area contributed by atoms with Gasteiger partial charge in [-0.25, -0.2) is 4.57 Å². The lowest BCUT2D eigenvalue weighted by Crippen LogP contribution is -2.29. The zero-order chi connectivity index (χ0) is 44.6. The average Bonchev–Trinajstić information content (AvgIpc) is 3.25. The van der Waals surface area contributed by atoms with Crippen LogP contribution in [0, 0.1) is 0 Å². The first-order chi connectivity index (χ1) is 29.8. The molecule has 0 rings (SSSR count). The number of carbonyl (C=O) groups is 2. The van der Waals surface area contributed by atoms with Crippen LogP contribution in [-0.4, -0.2) is 49.3 Å². The molecule has 0 aromatic rings. The Labute approximate surface area is 377 Å². The Morgan fingerprint density at radius 1 is 0.426 bits per heavy atom. The lowest BCUT2D eigenvalue weighted by atomic mass is 10.0. The third-order valence-electron chi connectivity index (χ3n) is 12.0. The summed E-state index contributed by atoms with van der Waals surface area (Å²) in [5.41, 5.74) is 5.37. The number of hydrogen-bond acceptors (Lipinski definition) is 8. The Hall–Kier alpha value is -0.990. The fourth-order valence-electron chi connectivity index (χ4n) is 8.05. The SMILES string of the molecule is CCCCCCCCCCCCCCCCCCCCCCC(=O)OC[C@H](COP(=O)(O)OCCN)OC(=O)CCCCCCCCCCCCCCCCCCCCCC. The Balaban J connectivity index is 3.97. The second kappa shape index (κ2) is 48.5. The number of nitrogens with two attached hydrogens (primary N) is 1. The number of carbonyl (C=O) groups excluding carboxylic acids is 2. The van der Waals surface area contributed by atoms with E-state index in [0.29, 0.717) is 6.42 Å². The van der Waals surface area contributed by atoms with Crippen molar-refractivity contribution in [3.8, 4) is 0 Å². The van der Waals surface area contributed by atoms with E-state index in [4.69, 9.17) is 24.3 Å². The van der Waals surface area contributed by atoms with Gasteiger partial charge in [-0.3, -0.25) is 18.6 Å². The van der Waals surface area contributed by atoms with Crippen molar-refractivity contribution in [1.82, 2.24) is 0 Å². The molecule has 2 atom stereocenters. The number of hydrogen-bond donors (Lipinski definition) is 2. The summed E-state index contributed by atoms with van der Waals surface area (Å²) in [4.78, 5) is 35.1. The number of unbranched alkanes of at least 4 members (excludes halogenated alkanes) is 38. The predicted molar refractivity (Wildman–Crippen MR) is 257 cm³/mol. The Bertz CT molecular complexity index is 969. The van der Waals surface area contributed by atoms with Crippen LogP contribution < -0.4 is 5.73 Å². The summed E-state index contributed by atoms with van der Waals surface area (Å²) < 4.78 is 33.0. The molecule has 0 aliphatic rings. The van der Waals surface area contributed by atoms with E-state index < -0.39 is 26.5 Å². The van der Waals surface area contributed by atoms with E-state index in [2.05, 4.69) is 13.8 Å². The van der Waals surface area contributed by atoms with Gasteiger partial charge in [0.25, 0.3) is 0 Å². The lowest BCUT2D eigenvalue weighted by molar-refractivity contribution is -0.161. The zero-order valence-corrected chi connectivity index (χ0v) is 41.3. The molecular weight excluding hydrogens is 786 g/mol. The molecule has 0 bridgehead atoms. The summed E-state index contributed by atoms with van der Waals surface area (Å²) in [5.74, 6) is -0.805. The molecule has 0 amide bonds. The molecule has 0 aromatic carbocycles. The minimum absolute atomic E-state index is 0.0585. The van der Waals surface area contributed by atoms with Crippen LogP contribution in [0.5, 0.6) is 0 Å². The van der Waals surface area contributed by atoms with Gasteiger partial charge in [0, 0.05) is 19.4 Å². The van der Waals surface area contributed by atoms with Crippen molar-refractivity contribution in [3.05, 3.63) is 0 Å². The number of rotatable bonds is 51. The Morgan fingerprint density at radius 3 is 1.00 bits per heavy atom. The van der Waals surface area contributed by atoms with Crippen LogP contribution in [-0.2, 0) is 32.7 Å². The van der Waals surface area contributed by atoms with Gasteiger partial charge in [0.2, 0.25) is 0 Å². The number of esters is 2. The van der Waals surface area contributed by atoms with Gasteiger partial charge in [0.15, 0.2) is 6.10 Å². The lowest BCUT2D eigenvalue weighted by Gasteiger charge is -2.19. The average molecular weight is 888 g/mol. The Morgan fingerprint density at radius 2 is 0.705 bits per heavy atom. The fourth-order valence-corrected chi connectivity index (χ4v) is 8.82. The maximum atomic E-state index is 12.7. The van der Waals surface area contributed by atoms with Crippen molar-refractivity contribution in [3.63, 3.8) is 0 Å². The maximum absolute atomic E-state index is 12.7. The second-order valence-electron chi connectivity index (χ2n) is 18.1. The summed E-state index contributed by atoms with van der Waals surface area (Å²) in [6.45, 7) is 3.81. The maximum Gasteiger partial charge on any atom is 0.472 e. The molecule has 0 aliphatic carbocycles. The third-order valence-corrected chi connectivity index (χ3v) is 13.0. The molecule has 0 heterocycles. The van der Waals surface area contributed by atoms with Crippen molar-refractivity contribution >= 4 is 19.8 Å². The molecule has 0 aromatic heterocycles. The zero-order valence-electron chi connectivity index (χ0n) is 40.4. The van der Waals surface area contributed by atoms with Gasteiger partial charge in [-0.15, -0.1) is 0 Å². The van der Waals surface area contributed by atoms with Crippen LogP contribution in [0.15, 0.2) is 0 Å². The van der Waals surface area contributed by atoms with Crippen molar-refractivity contribution < 1.29 is 37.6 Å². The Kier molecular flexibility index (Phi) is 47.7. The van der Waals surface area contributed by atoms with Gasteiger partial charge in [0.1, 0.15) is 6.61 Å². The van der Waals surface area contributed by atoms with Gasteiger partial charge in [0.05, 0.1) is 13.2 Å². The molecule has 0 aliphatic heterocycles. The van der Waals surface area contributed by atoms with Crippen molar-refractivity contribution in [1.29, 1.82) is 0 Å². The van der Waals surface area contributed by atoms with E-state index in [1.54, 1.807) is 0 Å². The van der Waals surface area contributed by atoms with E-state index in [0.717, 1.165) is 32.1 Å². The van der Waals surface area contributed by atoms with Crippen LogP contribution in [0.1, 0.15) is 284 Å². The first-order valence-electron chi connectivity index (χ1n) is 26.5. The summed E-state index contributed by atoms with van der Waals surface area (Å²) in [5, 5.41) is 0. The normalized spacial score (nSPS) is 13.0. The van der Waals surface area contributed by atoms with Gasteiger partial charge >= 0.3 is 19.8 Å². The monoisotopic (exact) mass is 888 g/mol. The van der Waals surface area contributed by atoms with Gasteiger partial charge < -0.3 is 20.1 Å². The van der Waals surface area contributed by atoms with Gasteiger partial charge in [-0.2, -0.15) is 0 Å². The highest BCUT2D eigenvalue weighted by Crippen LogP contribution is 2.43. The van der Waals surface area contributed by atoms with E-state index in [1.807, 2.05) is 0 Å². The summed E-state index contributed by atoms with van der Waals surface area (Å²) in [6, 6.07) is 0. The van der Waals surface area contributed by atoms with E-state index in [9.17, 15) is 19.0 Å². The highest BCUT2D eigenvalue weighted by Gasteiger charge is 2.26. The highest BCUT2D eigenvalue weighted by atomic mass is 31.2. The van der Waals surface area contributed by atoms with Crippen LogP contribution in [0.25, 0.3) is 0 Å². The minimum Gasteiger partial charge on any atom is -0.462 e. The molecule has 10 heteroatoms. The molecule has 3 N–H and O–H groups in total. The van der Waals surface area contributed by atoms with Crippen LogP contribution in [0.2, 0.25) is 0 Å². The highest BCUT2D eigenvalue weighted by molar-refractivity contribution is 7.47. The molecular formula is C51H102NO8P. The number of phosphoric acid groups is 1. The van der Waals surface area contributed by atoms with Crippen molar-refractivity contribution in [2.24, 2.45) is 5.73 Å². The summed E-state index contributed by atoms with van der Waals surface area (Å²) in [7, 11) is -4.37. The van der Waals surface area contributed by atoms with Crippen LogP contribution >= 0.6 is 7.82 Å². The standard InChI is InChI=1S/C51H102NO8P/c1-3-5-7-9-11-13-15-17-19-21-23-25-27-29-31-33-35-37-39-41-43-50(53)57-47-49(48-59-61(55,56)58-46-45-52)60-51(54)44-42-40-38-36-34-32-30-28-26-24-22-20-18-16-14-12-10-8-6-4-2/h49H,3-48,52H2,1-2H3,(H,55,56)/t49-/m1/s1. The number of phosphoric ester groups is 1. The molecule has 0 spiro atoms. The smallest absolute Gasteiger partial charge is 0.462 e. The largest absolute Gasteiger partial charge is 0.472 e. The minimum atomic E-state index is -4.37. The van der Waals surface area contributed by atoms with Crippen LogP contribution in [0.4, 0.5) is 0 Å². The first kappa shape index (κ1) is 60.0. The van der Waals surface area contributed by atoms with Gasteiger partial charge in [-0.1, -0.05) is 258 Å². The first-order valence-corrected chi connectivity index (χ1v) is 28.0. The van der Waals surface area contributed by atoms with Crippen molar-refractivity contribution in [2.75, 3.05) is 26.4 Å². The fraction of sp³-hybridized carbons (Fsp3) is 0.961.